The van der Waals surface area contributed by atoms with Crippen LogP contribution < -0.4 is 9.64 Å². The van der Waals surface area contributed by atoms with Crippen LogP contribution in [0.25, 0.3) is 0 Å². The highest BCUT2D eigenvalue weighted by atomic mass is 35.5. The molecule has 0 saturated heterocycles. The lowest BCUT2D eigenvalue weighted by Gasteiger charge is -2.19. The summed E-state index contributed by atoms with van der Waals surface area (Å²) in [4.78, 5) is 17.1. The lowest BCUT2D eigenvalue weighted by molar-refractivity contribution is 0.0697. The molecule has 0 spiro atoms. The Hall–Kier alpha value is -2.27. The van der Waals surface area contributed by atoms with Crippen LogP contribution >= 0.6 is 11.6 Å². The summed E-state index contributed by atoms with van der Waals surface area (Å²) in [5.41, 5.74) is 1.11. The van der Waals surface area contributed by atoms with Crippen molar-refractivity contribution in [1.82, 2.24) is 4.98 Å². The Labute approximate surface area is 127 Å². The lowest BCUT2D eigenvalue weighted by atomic mass is 10.2. The minimum absolute atomic E-state index is 0.0447. The summed E-state index contributed by atoms with van der Waals surface area (Å²) in [6.07, 6.45) is 1.35. The van der Waals surface area contributed by atoms with Crippen molar-refractivity contribution in [2.24, 2.45) is 0 Å². The van der Waals surface area contributed by atoms with Gasteiger partial charge in [0.25, 0.3) is 0 Å². The van der Waals surface area contributed by atoms with Crippen LogP contribution in [0.15, 0.2) is 36.5 Å². The number of carbonyl (C=O) groups is 1. The van der Waals surface area contributed by atoms with Crippen molar-refractivity contribution in [1.29, 1.82) is 0 Å². The molecule has 0 aliphatic carbocycles. The highest BCUT2D eigenvalue weighted by molar-refractivity contribution is 6.33. The molecule has 0 bridgehead atoms. The van der Waals surface area contributed by atoms with E-state index in [1.54, 1.807) is 7.11 Å². The number of rotatable bonds is 5. The Kier molecular flexibility index (Phi) is 4.65. The van der Waals surface area contributed by atoms with E-state index in [1.165, 1.54) is 12.3 Å². The Morgan fingerprint density at radius 3 is 2.62 bits per heavy atom. The van der Waals surface area contributed by atoms with Gasteiger partial charge in [0.1, 0.15) is 11.6 Å². The monoisotopic (exact) mass is 306 g/mol. The first-order valence-corrected chi connectivity index (χ1v) is 6.62. The van der Waals surface area contributed by atoms with Crippen LogP contribution in [0.1, 0.15) is 15.9 Å². The number of aromatic nitrogens is 1. The molecule has 1 N–H and O–H groups in total. The van der Waals surface area contributed by atoms with Crippen LogP contribution in [0, 0.1) is 0 Å². The van der Waals surface area contributed by atoms with Crippen LogP contribution in [-0.4, -0.2) is 30.2 Å². The van der Waals surface area contributed by atoms with Crippen LogP contribution in [0.3, 0.4) is 0 Å². The second-order valence-electron chi connectivity index (χ2n) is 4.53. The van der Waals surface area contributed by atoms with Gasteiger partial charge in [0.05, 0.1) is 17.7 Å². The third-order valence-electron chi connectivity index (χ3n) is 3.04. The normalized spacial score (nSPS) is 10.2. The fourth-order valence-corrected chi connectivity index (χ4v) is 2.07. The second kappa shape index (κ2) is 6.45. The molecule has 0 amide bonds. The third kappa shape index (κ3) is 3.64. The Morgan fingerprint density at radius 2 is 2.05 bits per heavy atom. The number of carboxylic acid groups (broad SMARTS) is 1. The predicted octanol–water partition coefficient (Wildman–Crippen LogP) is 3.08. The summed E-state index contributed by atoms with van der Waals surface area (Å²) in [5.74, 6) is 0.272. The summed E-state index contributed by atoms with van der Waals surface area (Å²) in [5, 5.41) is 9.20. The van der Waals surface area contributed by atoms with Gasteiger partial charge in [0.15, 0.2) is 0 Å². The summed E-state index contributed by atoms with van der Waals surface area (Å²) >= 11 is 5.81. The number of hydrogen-bond donors (Lipinski definition) is 1. The Morgan fingerprint density at radius 1 is 1.38 bits per heavy atom. The smallest absolute Gasteiger partial charge is 0.337 e. The summed E-state index contributed by atoms with van der Waals surface area (Å²) in [6, 6.07) is 9.11. The van der Waals surface area contributed by atoms with Gasteiger partial charge in [-0.2, -0.15) is 0 Å². The molecule has 0 fully saturated rings. The van der Waals surface area contributed by atoms with E-state index in [4.69, 9.17) is 21.4 Å². The first kappa shape index (κ1) is 15.1. The van der Waals surface area contributed by atoms with Crippen molar-refractivity contribution >= 4 is 23.4 Å². The van der Waals surface area contributed by atoms with Gasteiger partial charge in [0.2, 0.25) is 0 Å². The zero-order chi connectivity index (χ0) is 15.4. The lowest BCUT2D eigenvalue weighted by Crippen LogP contribution is -2.18. The number of methoxy groups -OCH3 is 1. The first-order valence-electron chi connectivity index (χ1n) is 6.24. The number of pyridine rings is 1. The molecule has 0 unspecified atom stereocenters. The van der Waals surface area contributed by atoms with Gasteiger partial charge in [-0.3, -0.25) is 0 Å². The molecule has 0 atom stereocenters. The van der Waals surface area contributed by atoms with E-state index in [9.17, 15) is 4.79 Å². The van der Waals surface area contributed by atoms with Crippen LogP contribution in [0.2, 0.25) is 5.02 Å². The van der Waals surface area contributed by atoms with E-state index in [0.29, 0.717) is 12.4 Å². The maximum absolute atomic E-state index is 11.1. The largest absolute Gasteiger partial charge is 0.497 e. The van der Waals surface area contributed by atoms with Crippen molar-refractivity contribution in [2.45, 2.75) is 6.54 Å². The number of hydrogen-bond acceptors (Lipinski definition) is 4. The zero-order valence-electron chi connectivity index (χ0n) is 11.7. The van der Waals surface area contributed by atoms with E-state index in [1.807, 2.05) is 36.2 Å². The van der Waals surface area contributed by atoms with E-state index < -0.39 is 5.97 Å². The summed E-state index contributed by atoms with van der Waals surface area (Å²) in [6.45, 7) is 0.595. The Balaban J connectivity index is 2.17. The third-order valence-corrected chi connectivity index (χ3v) is 3.34. The molecular weight excluding hydrogens is 292 g/mol. The van der Waals surface area contributed by atoms with Crippen LogP contribution in [-0.2, 0) is 6.54 Å². The van der Waals surface area contributed by atoms with Gasteiger partial charge in [-0.1, -0.05) is 23.7 Å². The minimum atomic E-state index is -1.07. The second-order valence-corrected chi connectivity index (χ2v) is 4.94. The van der Waals surface area contributed by atoms with Crippen molar-refractivity contribution in [3.8, 4) is 5.75 Å². The minimum Gasteiger partial charge on any atom is -0.497 e. The summed E-state index contributed by atoms with van der Waals surface area (Å²) < 4.78 is 5.11. The van der Waals surface area contributed by atoms with E-state index in [-0.39, 0.29) is 10.6 Å². The molecule has 0 aliphatic rings. The molecule has 2 aromatic rings. The fraction of sp³-hybridized carbons (Fsp3) is 0.200. The van der Waals surface area contributed by atoms with Crippen LogP contribution in [0.5, 0.6) is 5.75 Å². The highest BCUT2D eigenvalue weighted by Crippen LogP contribution is 2.21. The first-order chi connectivity index (χ1) is 10.0. The Bertz CT molecular complexity index is 644. The van der Waals surface area contributed by atoms with Gasteiger partial charge < -0.3 is 14.7 Å². The molecule has 110 valence electrons. The number of benzene rings is 1. The molecule has 5 nitrogen and oxygen atoms in total. The fourth-order valence-electron chi connectivity index (χ4n) is 1.89. The zero-order valence-corrected chi connectivity index (χ0v) is 12.5. The van der Waals surface area contributed by atoms with E-state index in [0.717, 1.165) is 11.3 Å². The predicted molar refractivity (Wildman–Crippen MR) is 81.3 cm³/mol. The maximum atomic E-state index is 11.1. The number of carboxylic acids is 1. The van der Waals surface area contributed by atoms with Gasteiger partial charge in [-0.15, -0.1) is 0 Å². The SMILES string of the molecule is COc1ccc(CN(C)c2cc(C(=O)O)c(Cl)cn2)cc1. The molecule has 2 rings (SSSR count). The molecule has 1 aromatic heterocycles. The number of aromatic carboxylic acids is 1. The molecule has 0 radical (unpaired) electrons. The molecule has 1 heterocycles. The van der Waals surface area contributed by atoms with Crippen molar-refractivity contribution in [3.05, 3.63) is 52.7 Å². The van der Waals surface area contributed by atoms with Crippen LogP contribution in [0.4, 0.5) is 5.82 Å². The highest BCUT2D eigenvalue weighted by Gasteiger charge is 2.12. The topological polar surface area (TPSA) is 62.7 Å². The van der Waals surface area contributed by atoms with Gasteiger partial charge >= 0.3 is 5.97 Å². The molecular formula is C15H15ClN2O3. The van der Waals surface area contributed by atoms with Gasteiger partial charge in [0, 0.05) is 19.8 Å². The standard InChI is InChI=1S/C15H15ClN2O3/c1-18(9-10-3-5-11(21-2)6-4-10)14-7-12(15(19)20)13(16)8-17-14/h3-8H,9H2,1-2H3,(H,19,20). The summed E-state index contributed by atoms with van der Waals surface area (Å²) in [7, 11) is 3.46. The number of ether oxygens (including phenoxy) is 1. The number of halogens is 1. The molecule has 1 aromatic carbocycles. The van der Waals surface area contributed by atoms with Crippen molar-refractivity contribution in [2.75, 3.05) is 19.1 Å². The van der Waals surface area contributed by atoms with Gasteiger partial charge in [-0.25, -0.2) is 9.78 Å². The van der Waals surface area contributed by atoms with E-state index >= 15 is 0 Å². The number of nitrogens with zero attached hydrogens (tertiary/aromatic N) is 2. The van der Waals surface area contributed by atoms with Crippen molar-refractivity contribution in [3.63, 3.8) is 0 Å². The van der Waals surface area contributed by atoms with E-state index in [2.05, 4.69) is 4.98 Å². The molecule has 0 saturated carbocycles. The maximum Gasteiger partial charge on any atom is 0.337 e. The average molecular weight is 307 g/mol. The molecule has 6 heteroatoms. The van der Waals surface area contributed by atoms with Gasteiger partial charge in [-0.05, 0) is 23.8 Å². The quantitative estimate of drug-likeness (QED) is 0.919. The molecule has 0 aliphatic heterocycles. The number of anilines is 1. The average Bonchev–Trinajstić information content (AvgIpc) is 2.48. The van der Waals surface area contributed by atoms with Crippen molar-refractivity contribution < 1.29 is 14.6 Å². The molecule has 21 heavy (non-hydrogen) atoms.